The number of aliphatic hydroxyl groups is 1. The van der Waals surface area contributed by atoms with Gasteiger partial charge in [-0.15, -0.1) is 0 Å². The third-order valence-electron chi connectivity index (χ3n) is 2.90. The second kappa shape index (κ2) is 6.43. The fourth-order valence-electron chi connectivity index (χ4n) is 1.42. The summed E-state index contributed by atoms with van der Waals surface area (Å²) in [6, 6.07) is 4.81. The third-order valence-corrected chi connectivity index (χ3v) is 3.64. The summed E-state index contributed by atoms with van der Waals surface area (Å²) in [7, 11) is 0. The maximum absolute atomic E-state index is 11.9. The van der Waals surface area contributed by atoms with E-state index in [4.69, 9.17) is 28.3 Å². The average molecular weight is 320 g/mol. The Morgan fingerprint density at radius 3 is 2.45 bits per heavy atom. The van der Waals surface area contributed by atoms with E-state index in [0.29, 0.717) is 15.6 Å². The van der Waals surface area contributed by atoms with Crippen LogP contribution in [0.4, 0.5) is 0 Å². The van der Waals surface area contributed by atoms with E-state index in [9.17, 15) is 14.7 Å². The van der Waals surface area contributed by atoms with Crippen LogP contribution in [0.2, 0.25) is 10.0 Å². The number of nitrogens with one attached hydrogen (secondary N) is 1. The van der Waals surface area contributed by atoms with E-state index in [1.54, 1.807) is 25.1 Å². The third kappa shape index (κ3) is 4.10. The monoisotopic (exact) mass is 319 g/mol. The van der Waals surface area contributed by atoms with E-state index < -0.39 is 23.4 Å². The quantitative estimate of drug-likeness (QED) is 0.775. The number of hydrogen-bond donors (Lipinski definition) is 3. The first-order valence-electron chi connectivity index (χ1n) is 5.83. The van der Waals surface area contributed by atoms with Crippen LogP contribution in [0.5, 0.6) is 0 Å². The number of benzene rings is 1. The Balaban J connectivity index is 2.72. The molecule has 3 N–H and O–H groups in total. The van der Waals surface area contributed by atoms with Crippen molar-refractivity contribution in [2.45, 2.75) is 25.4 Å². The number of hydrogen-bond acceptors (Lipinski definition) is 3. The lowest BCUT2D eigenvalue weighted by Gasteiger charge is -2.20. The molecule has 0 spiro atoms. The molecule has 0 heterocycles. The molecular weight excluding hydrogens is 305 g/mol. The first-order valence-corrected chi connectivity index (χ1v) is 6.59. The summed E-state index contributed by atoms with van der Waals surface area (Å²) in [6.45, 7) is 2.37. The molecule has 0 saturated carbocycles. The minimum absolute atomic E-state index is 0.335. The lowest BCUT2D eigenvalue weighted by molar-refractivity contribution is -0.156. The van der Waals surface area contributed by atoms with Gasteiger partial charge < -0.3 is 15.5 Å². The van der Waals surface area contributed by atoms with Gasteiger partial charge in [0.1, 0.15) is 0 Å². The van der Waals surface area contributed by atoms with E-state index in [0.717, 1.165) is 6.92 Å². The number of aliphatic carboxylic acids is 1. The summed E-state index contributed by atoms with van der Waals surface area (Å²) >= 11 is 11.7. The highest BCUT2D eigenvalue weighted by Gasteiger charge is 2.31. The van der Waals surface area contributed by atoms with Gasteiger partial charge in [0.15, 0.2) is 5.60 Å². The zero-order valence-electron chi connectivity index (χ0n) is 11.0. The van der Waals surface area contributed by atoms with E-state index in [1.165, 1.54) is 0 Å². The Kier molecular flexibility index (Phi) is 5.39. The van der Waals surface area contributed by atoms with Gasteiger partial charge in [0.05, 0.1) is 22.5 Å². The van der Waals surface area contributed by atoms with Crippen molar-refractivity contribution in [2.75, 3.05) is 6.54 Å². The molecule has 0 aliphatic rings. The zero-order valence-corrected chi connectivity index (χ0v) is 12.5. The number of carbonyl (C=O) groups is 2. The van der Waals surface area contributed by atoms with Gasteiger partial charge in [0.25, 0.3) is 0 Å². The number of carboxylic acid groups (broad SMARTS) is 1. The second-order valence-electron chi connectivity index (χ2n) is 4.69. The van der Waals surface area contributed by atoms with Gasteiger partial charge in [0.2, 0.25) is 5.91 Å². The number of halogens is 2. The van der Waals surface area contributed by atoms with Crippen LogP contribution in [0.25, 0.3) is 0 Å². The average Bonchev–Trinajstić information content (AvgIpc) is 2.38. The molecule has 2 unspecified atom stereocenters. The SMILES string of the molecule is CC(C(=O)NCC(C)(O)C(=O)O)c1ccc(Cl)c(Cl)c1. The van der Waals surface area contributed by atoms with Gasteiger partial charge in [-0.25, -0.2) is 4.79 Å². The Bertz CT molecular complexity index is 531. The van der Waals surface area contributed by atoms with Crippen LogP contribution in [0.15, 0.2) is 18.2 Å². The predicted octanol–water partition coefficient (Wildman–Crippen LogP) is 2.05. The van der Waals surface area contributed by atoms with Crippen molar-refractivity contribution in [3.63, 3.8) is 0 Å². The Hall–Kier alpha value is -1.30. The smallest absolute Gasteiger partial charge is 0.337 e. The largest absolute Gasteiger partial charge is 0.479 e. The molecule has 5 nitrogen and oxygen atoms in total. The molecule has 0 fully saturated rings. The van der Waals surface area contributed by atoms with Gasteiger partial charge in [-0.2, -0.15) is 0 Å². The van der Waals surface area contributed by atoms with Gasteiger partial charge in [-0.3, -0.25) is 4.79 Å². The van der Waals surface area contributed by atoms with E-state index in [2.05, 4.69) is 5.32 Å². The van der Waals surface area contributed by atoms with E-state index in [1.807, 2.05) is 0 Å². The normalized spacial score (nSPS) is 15.2. The number of carbonyl (C=O) groups excluding carboxylic acids is 1. The minimum atomic E-state index is -2.01. The first kappa shape index (κ1) is 16.8. The fraction of sp³-hybridized carbons (Fsp3) is 0.385. The summed E-state index contributed by atoms with van der Waals surface area (Å²) in [5.41, 5.74) is -1.36. The molecule has 110 valence electrons. The number of carboxylic acids is 1. The highest BCUT2D eigenvalue weighted by atomic mass is 35.5. The van der Waals surface area contributed by atoms with Crippen molar-refractivity contribution in [3.05, 3.63) is 33.8 Å². The van der Waals surface area contributed by atoms with Crippen molar-refractivity contribution < 1.29 is 19.8 Å². The van der Waals surface area contributed by atoms with Crippen LogP contribution >= 0.6 is 23.2 Å². The van der Waals surface area contributed by atoms with Crippen LogP contribution in [-0.4, -0.2) is 34.2 Å². The topological polar surface area (TPSA) is 86.6 Å². The molecule has 0 aliphatic heterocycles. The van der Waals surface area contributed by atoms with Gasteiger partial charge in [-0.1, -0.05) is 29.3 Å². The van der Waals surface area contributed by atoms with Gasteiger partial charge in [0, 0.05) is 0 Å². The Morgan fingerprint density at radius 1 is 1.35 bits per heavy atom. The maximum atomic E-state index is 11.9. The molecule has 1 aromatic rings. The van der Waals surface area contributed by atoms with Crippen LogP contribution in [0.1, 0.15) is 25.3 Å². The van der Waals surface area contributed by atoms with Crippen LogP contribution in [0, 0.1) is 0 Å². The van der Waals surface area contributed by atoms with Crippen molar-refractivity contribution in [1.82, 2.24) is 5.32 Å². The van der Waals surface area contributed by atoms with E-state index >= 15 is 0 Å². The number of amides is 1. The molecule has 1 amide bonds. The standard InChI is InChI=1S/C13H15Cl2NO4/c1-7(8-3-4-9(14)10(15)5-8)11(17)16-6-13(2,20)12(18)19/h3-5,7,20H,6H2,1-2H3,(H,16,17)(H,18,19). The highest BCUT2D eigenvalue weighted by molar-refractivity contribution is 6.42. The second-order valence-corrected chi connectivity index (χ2v) is 5.51. The van der Waals surface area contributed by atoms with Crippen LogP contribution in [-0.2, 0) is 9.59 Å². The van der Waals surface area contributed by atoms with Crippen molar-refractivity contribution in [2.24, 2.45) is 0 Å². The molecule has 20 heavy (non-hydrogen) atoms. The maximum Gasteiger partial charge on any atom is 0.337 e. The molecule has 0 aromatic heterocycles. The van der Waals surface area contributed by atoms with Crippen molar-refractivity contribution >= 4 is 35.1 Å². The Labute approximate surface area is 126 Å². The zero-order chi connectivity index (χ0) is 15.5. The highest BCUT2D eigenvalue weighted by Crippen LogP contribution is 2.26. The molecule has 7 heteroatoms. The van der Waals surface area contributed by atoms with Gasteiger partial charge >= 0.3 is 5.97 Å². The summed E-state index contributed by atoms with van der Waals surface area (Å²) in [5.74, 6) is -2.36. The summed E-state index contributed by atoms with van der Waals surface area (Å²) < 4.78 is 0. The van der Waals surface area contributed by atoms with Crippen molar-refractivity contribution in [1.29, 1.82) is 0 Å². The summed E-state index contributed by atoms with van der Waals surface area (Å²) in [6.07, 6.45) is 0. The molecule has 1 rings (SSSR count). The number of rotatable bonds is 5. The summed E-state index contributed by atoms with van der Waals surface area (Å²) in [5, 5.41) is 21.4. The minimum Gasteiger partial charge on any atom is -0.479 e. The molecule has 0 saturated heterocycles. The molecular formula is C13H15Cl2NO4. The molecule has 0 radical (unpaired) electrons. The first-order chi connectivity index (χ1) is 9.15. The molecule has 0 bridgehead atoms. The lowest BCUT2D eigenvalue weighted by atomic mass is 10.00. The summed E-state index contributed by atoms with van der Waals surface area (Å²) in [4.78, 5) is 22.6. The fourth-order valence-corrected chi connectivity index (χ4v) is 1.73. The van der Waals surface area contributed by atoms with E-state index in [-0.39, 0.29) is 6.54 Å². The molecule has 2 atom stereocenters. The Morgan fingerprint density at radius 2 is 1.95 bits per heavy atom. The lowest BCUT2D eigenvalue weighted by Crippen LogP contribution is -2.47. The van der Waals surface area contributed by atoms with Crippen molar-refractivity contribution in [3.8, 4) is 0 Å². The predicted molar refractivity (Wildman–Crippen MR) is 76.1 cm³/mol. The van der Waals surface area contributed by atoms with Crippen LogP contribution in [0.3, 0.4) is 0 Å². The van der Waals surface area contributed by atoms with Crippen LogP contribution < -0.4 is 5.32 Å². The molecule has 1 aromatic carbocycles. The molecule has 0 aliphatic carbocycles. The van der Waals surface area contributed by atoms with Gasteiger partial charge in [-0.05, 0) is 31.5 Å².